The van der Waals surface area contributed by atoms with Crippen molar-refractivity contribution in [1.29, 1.82) is 0 Å². The number of rotatable bonds is 5. The molecule has 21 heavy (non-hydrogen) atoms. The number of para-hydroxylation sites is 1. The second-order valence-corrected chi connectivity index (χ2v) is 4.81. The number of nitrogens with zero attached hydrogens (tertiary/aromatic N) is 3. The van der Waals surface area contributed by atoms with Crippen LogP contribution in [0, 0.1) is 5.82 Å². The number of benzene rings is 1. The van der Waals surface area contributed by atoms with E-state index < -0.39 is 5.82 Å². The van der Waals surface area contributed by atoms with Crippen molar-refractivity contribution < 1.29 is 9.18 Å². The van der Waals surface area contributed by atoms with Crippen molar-refractivity contribution in [2.24, 2.45) is 7.05 Å². The second-order valence-electron chi connectivity index (χ2n) is 4.81. The van der Waals surface area contributed by atoms with Crippen LogP contribution >= 0.6 is 0 Å². The van der Waals surface area contributed by atoms with Crippen molar-refractivity contribution in [2.45, 2.75) is 13.5 Å². The number of hydrogen-bond donors (Lipinski definition) is 1. The first-order valence-electron chi connectivity index (χ1n) is 6.78. The van der Waals surface area contributed by atoms with E-state index in [0.717, 1.165) is 5.82 Å². The Hall–Kier alpha value is -2.37. The van der Waals surface area contributed by atoms with Gasteiger partial charge in [-0.2, -0.15) is 0 Å². The molecule has 1 heterocycles. The van der Waals surface area contributed by atoms with Crippen LogP contribution in [-0.2, 0) is 13.6 Å². The third-order valence-electron chi connectivity index (χ3n) is 3.24. The van der Waals surface area contributed by atoms with Crippen molar-refractivity contribution >= 4 is 11.6 Å². The quantitative estimate of drug-likeness (QED) is 0.919. The van der Waals surface area contributed by atoms with Gasteiger partial charge in [0.25, 0.3) is 5.91 Å². The highest BCUT2D eigenvalue weighted by atomic mass is 19.1. The van der Waals surface area contributed by atoms with E-state index in [1.807, 2.05) is 24.7 Å². The second kappa shape index (κ2) is 6.39. The predicted molar refractivity (Wildman–Crippen MR) is 79.6 cm³/mol. The average Bonchev–Trinajstić information content (AvgIpc) is 2.86. The summed E-state index contributed by atoms with van der Waals surface area (Å²) in [5.41, 5.74) is 0.574. The summed E-state index contributed by atoms with van der Waals surface area (Å²) in [5, 5.41) is 2.91. The molecule has 0 saturated heterocycles. The van der Waals surface area contributed by atoms with E-state index in [-0.39, 0.29) is 11.6 Å². The third kappa shape index (κ3) is 3.21. The van der Waals surface area contributed by atoms with Crippen molar-refractivity contribution in [3.63, 3.8) is 0 Å². The van der Waals surface area contributed by atoms with E-state index in [9.17, 15) is 9.18 Å². The zero-order valence-corrected chi connectivity index (χ0v) is 12.4. The molecule has 1 N–H and O–H groups in total. The Balaban J connectivity index is 2.23. The number of anilines is 1. The molecule has 1 aromatic heterocycles. The summed E-state index contributed by atoms with van der Waals surface area (Å²) in [6, 6.07) is 4.50. The van der Waals surface area contributed by atoms with Gasteiger partial charge in [0.05, 0.1) is 17.8 Å². The summed E-state index contributed by atoms with van der Waals surface area (Å²) < 4.78 is 15.7. The number of imidazole rings is 1. The van der Waals surface area contributed by atoms with Crippen molar-refractivity contribution in [2.75, 3.05) is 18.9 Å². The Morgan fingerprint density at radius 3 is 2.86 bits per heavy atom. The van der Waals surface area contributed by atoms with Gasteiger partial charge in [-0.3, -0.25) is 4.79 Å². The fraction of sp³-hybridized carbons (Fsp3) is 0.333. The number of aromatic nitrogens is 2. The van der Waals surface area contributed by atoms with E-state index in [1.165, 1.54) is 17.0 Å². The first kappa shape index (κ1) is 15.0. The molecular weight excluding hydrogens is 271 g/mol. The van der Waals surface area contributed by atoms with Crippen LogP contribution in [0.15, 0.2) is 30.6 Å². The molecule has 0 atom stereocenters. The number of amides is 1. The van der Waals surface area contributed by atoms with Gasteiger partial charge < -0.3 is 14.8 Å². The van der Waals surface area contributed by atoms with Crippen molar-refractivity contribution in [3.05, 3.63) is 47.8 Å². The minimum absolute atomic E-state index is 0.242. The minimum Gasteiger partial charge on any atom is -0.382 e. The molecule has 0 spiro atoms. The van der Waals surface area contributed by atoms with Crippen molar-refractivity contribution in [1.82, 2.24) is 14.5 Å². The predicted octanol–water partition coefficient (Wildman–Crippen LogP) is 2.26. The van der Waals surface area contributed by atoms with Crippen LogP contribution in [0.1, 0.15) is 23.1 Å². The van der Waals surface area contributed by atoms with E-state index in [4.69, 9.17) is 0 Å². The standard InChI is InChI=1S/C15H19FN4O/c1-4-17-14-11(6-5-7-12(14)16)15(21)20(3)10-13-18-8-9-19(13)2/h5-9,17H,4,10H2,1-3H3. The average molecular weight is 290 g/mol. The fourth-order valence-electron chi connectivity index (χ4n) is 2.10. The number of carbonyl (C=O) groups is 1. The molecule has 6 heteroatoms. The van der Waals surface area contributed by atoms with E-state index in [0.29, 0.717) is 18.7 Å². The Labute approximate surface area is 123 Å². The van der Waals surface area contributed by atoms with Crippen LogP contribution in [0.25, 0.3) is 0 Å². The van der Waals surface area contributed by atoms with Gasteiger partial charge in [-0.05, 0) is 19.1 Å². The van der Waals surface area contributed by atoms with Gasteiger partial charge >= 0.3 is 0 Å². The van der Waals surface area contributed by atoms with Gasteiger partial charge in [-0.25, -0.2) is 9.37 Å². The highest BCUT2D eigenvalue weighted by Gasteiger charge is 2.19. The number of aryl methyl sites for hydroxylation is 1. The monoisotopic (exact) mass is 290 g/mol. The van der Waals surface area contributed by atoms with E-state index in [2.05, 4.69) is 10.3 Å². The molecule has 0 unspecified atom stereocenters. The van der Waals surface area contributed by atoms with Crippen LogP contribution < -0.4 is 5.32 Å². The molecule has 0 fully saturated rings. The molecule has 0 aliphatic heterocycles. The summed E-state index contributed by atoms with van der Waals surface area (Å²) in [6.07, 6.45) is 3.50. The molecule has 5 nitrogen and oxygen atoms in total. The van der Waals surface area contributed by atoms with Gasteiger partial charge in [-0.1, -0.05) is 6.07 Å². The van der Waals surface area contributed by atoms with Crippen LogP contribution in [0.5, 0.6) is 0 Å². The summed E-state index contributed by atoms with van der Waals surface area (Å²) >= 11 is 0. The molecule has 0 aliphatic carbocycles. The van der Waals surface area contributed by atoms with Gasteiger partial charge in [0.2, 0.25) is 0 Å². The normalized spacial score (nSPS) is 10.5. The topological polar surface area (TPSA) is 50.2 Å². The molecular formula is C15H19FN4O. The van der Waals surface area contributed by atoms with Crippen molar-refractivity contribution in [3.8, 4) is 0 Å². The highest BCUT2D eigenvalue weighted by molar-refractivity contribution is 5.99. The first-order chi connectivity index (χ1) is 10.0. The van der Waals surface area contributed by atoms with Gasteiger partial charge in [0.15, 0.2) is 0 Å². The fourth-order valence-corrected chi connectivity index (χ4v) is 2.10. The molecule has 0 bridgehead atoms. The summed E-state index contributed by atoms with van der Waals surface area (Å²) in [5.74, 6) is 0.105. The Bertz CT molecular complexity index is 638. The maximum absolute atomic E-state index is 13.9. The van der Waals surface area contributed by atoms with E-state index in [1.54, 1.807) is 19.3 Å². The first-order valence-corrected chi connectivity index (χ1v) is 6.78. The lowest BCUT2D eigenvalue weighted by Gasteiger charge is -2.19. The Morgan fingerprint density at radius 2 is 2.24 bits per heavy atom. The molecule has 1 aromatic carbocycles. The molecule has 112 valence electrons. The number of nitrogens with one attached hydrogen (secondary N) is 1. The number of carbonyl (C=O) groups excluding carboxylic acids is 1. The zero-order chi connectivity index (χ0) is 15.4. The Kier molecular flexibility index (Phi) is 4.57. The maximum Gasteiger partial charge on any atom is 0.256 e. The largest absolute Gasteiger partial charge is 0.382 e. The summed E-state index contributed by atoms with van der Waals surface area (Å²) in [6.45, 7) is 2.77. The zero-order valence-electron chi connectivity index (χ0n) is 12.4. The molecule has 0 aliphatic rings. The lowest BCUT2D eigenvalue weighted by Crippen LogP contribution is -2.28. The van der Waals surface area contributed by atoms with Crippen LogP contribution in [0.4, 0.5) is 10.1 Å². The molecule has 0 saturated carbocycles. The number of hydrogen-bond acceptors (Lipinski definition) is 3. The number of halogens is 1. The highest BCUT2D eigenvalue weighted by Crippen LogP contribution is 2.21. The SMILES string of the molecule is CCNc1c(F)cccc1C(=O)N(C)Cc1nccn1C. The summed E-state index contributed by atoms with van der Waals surface area (Å²) in [7, 11) is 3.55. The van der Waals surface area contributed by atoms with Crippen LogP contribution in [-0.4, -0.2) is 34.0 Å². The lowest BCUT2D eigenvalue weighted by atomic mass is 10.1. The van der Waals surface area contributed by atoms with E-state index >= 15 is 0 Å². The van der Waals surface area contributed by atoms with Gasteiger partial charge in [-0.15, -0.1) is 0 Å². The minimum atomic E-state index is -0.423. The Morgan fingerprint density at radius 1 is 1.48 bits per heavy atom. The lowest BCUT2D eigenvalue weighted by molar-refractivity contribution is 0.0781. The summed E-state index contributed by atoms with van der Waals surface area (Å²) in [4.78, 5) is 18.2. The maximum atomic E-state index is 13.9. The van der Waals surface area contributed by atoms with Gasteiger partial charge in [0.1, 0.15) is 11.6 Å². The van der Waals surface area contributed by atoms with Crippen LogP contribution in [0.3, 0.4) is 0 Å². The third-order valence-corrected chi connectivity index (χ3v) is 3.24. The molecule has 1 amide bonds. The molecule has 2 aromatic rings. The van der Waals surface area contributed by atoms with Crippen LogP contribution in [0.2, 0.25) is 0 Å². The molecule has 2 rings (SSSR count). The van der Waals surface area contributed by atoms with Gasteiger partial charge in [0, 0.05) is 33.0 Å². The smallest absolute Gasteiger partial charge is 0.256 e. The molecule has 0 radical (unpaired) electrons.